The molecule has 3 heterocycles. The number of rotatable bonds is 6. The van der Waals surface area contributed by atoms with Gasteiger partial charge in [-0.05, 0) is 55.6 Å². The summed E-state index contributed by atoms with van der Waals surface area (Å²) >= 11 is 0. The maximum atomic E-state index is 10.9. The predicted octanol–water partition coefficient (Wildman–Crippen LogP) is 2.83. The lowest BCUT2D eigenvalue weighted by Gasteiger charge is -2.32. The molecule has 0 saturated carbocycles. The van der Waals surface area contributed by atoms with E-state index in [-0.39, 0.29) is 12.2 Å². The number of ether oxygens (including phenoxy) is 1. The molecule has 1 N–H and O–H groups in total. The topological polar surface area (TPSA) is 42.4 Å². The Kier molecular flexibility index (Phi) is 7.40. The van der Waals surface area contributed by atoms with Crippen molar-refractivity contribution < 1.29 is 9.84 Å². The van der Waals surface area contributed by atoms with E-state index in [9.17, 15) is 5.11 Å². The highest BCUT2D eigenvalue weighted by Gasteiger charge is 2.24. The van der Waals surface area contributed by atoms with Gasteiger partial charge in [-0.1, -0.05) is 30.3 Å². The molecule has 1 saturated heterocycles. The van der Waals surface area contributed by atoms with Crippen molar-refractivity contribution in [3.63, 3.8) is 0 Å². The number of hydrogen-bond acceptors (Lipinski definition) is 6. The largest absolute Gasteiger partial charge is 0.489 e. The van der Waals surface area contributed by atoms with Gasteiger partial charge in [0.05, 0.1) is 6.10 Å². The molecule has 6 nitrogen and oxygen atoms in total. The maximum absolute atomic E-state index is 10.9. The van der Waals surface area contributed by atoms with Crippen molar-refractivity contribution in [2.75, 3.05) is 64.8 Å². The summed E-state index contributed by atoms with van der Waals surface area (Å²) in [6.07, 6.45) is 3.34. The lowest BCUT2D eigenvalue weighted by Crippen LogP contribution is -2.42. The van der Waals surface area contributed by atoms with Gasteiger partial charge < -0.3 is 19.6 Å². The van der Waals surface area contributed by atoms with Crippen LogP contribution in [0.3, 0.4) is 0 Å². The average molecular weight is 465 g/mol. The number of likely N-dealkylation sites (tertiary alicyclic amines) is 1. The van der Waals surface area contributed by atoms with Gasteiger partial charge in [0.15, 0.2) is 0 Å². The molecule has 6 heteroatoms. The van der Waals surface area contributed by atoms with E-state index >= 15 is 0 Å². The number of anilines is 1. The first-order chi connectivity index (χ1) is 16.5. The molecule has 0 radical (unpaired) electrons. The molecular weight excluding hydrogens is 424 g/mol. The first-order valence-electron chi connectivity index (χ1n) is 12.9. The summed E-state index contributed by atoms with van der Waals surface area (Å²) in [7, 11) is 4.34. The smallest absolute Gasteiger partial charge is 0.121 e. The third-order valence-electron chi connectivity index (χ3n) is 7.65. The Morgan fingerprint density at radius 1 is 0.912 bits per heavy atom. The van der Waals surface area contributed by atoms with Crippen molar-refractivity contribution in [3.05, 3.63) is 59.2 Å². The molecule has 184 valence electrons. The van der Waals surface area contributed by atoms with Crippen LogP contribution in [0.15, 0.2) is 42.5 Å². The van der Waals surface area contributed by atoms with E-state index in [0.29, 0.717) is 6.54 Å². The number of aliphatic hydroxyl groups excluding tert-OH is 1. The molecule has 2 atom stereocenters. The minimum atomic E-state index is -0.344. The molecule has 34 heavy (non-hydrogen) atoms. The lowest BCUT2D eigenvalue weighted by atomic mass is 10.00. The van der Waals surface area contributed by atoms with Crippen molar-refractivity contribution in [3.8, 4) is 5.75 Å². The monoisotopic (exact) mass is 464 g/mol. The van der Waals surface area contributed by atoms with Crippen LogP contribution < -0.4 is 9.64 Å². The van der Waals surface area contributed by atoms with Crippen LogP contribution in [0.1, 0.15) is 29.5 Å². The molecule has 3 aliphatic rings. The number of hydrogen-bond donors (Lipinski definition) is 1. The van der Waals surface area contributed by atoms with Gasteiger partial charge in [0.2, 0.25) is 0 Å². The normalized spacial score (nSPS) is 23.1. The van der Waals surface area contributed by atoms with Crippen LogP contribution in [0.4, 0.5) is 5.69 Å². The Hall–Kier alpha value is -2.12. The molecule has 0 aromatic heterocycles. The van der Waals surface area contributed by atoms with Crippen LogP contribution in [-0.2, 0) is 19.5 Å². The van der Waals surface area contributed by atoms with Crippen LogP contribution >= 0.6 is 0 Å². The Morgan fingerprint density at radius 3 is 2.50 bits per heavy atom. The number of benzene rings is 2. The van der Waals surface area contributed by atoms with Crippen LogP contribution in [-0.4, -0.2) is 91.9 Å². The fourth-order valence-electron chi connectivity index (χ4n) is 5.77. The average Bonchev–Trinajstić information content (AvgIpc) is 2.97. The Morgan fingerprint density at radius 2 is 1.68 bits per heavy atom. The molecule has 3 aliphatic heterocycles. The number of fused-ring (bicyclic) bond motifs is 2. The molecule has 0 aliphatic carbocycles. The highest BCUT2D eigenvalue weighted by Crippen LogP contribution is 2.30. The van der Waals surface area contributed by atoms with Crippen molar-refractivity contribution in [1.82, 2.24) is 14.7 Å². The zero-order valence-corrected chi connectivity index (χ0v) is 20.8. The summed E-state index contributed by atoms with van der Waals surface area (Å²) in [6.45, 7) is 8.35. The lowest BCUT2D eigenvalue weighted by molar-refractivity contribution is 0.0682. The third-order valence-corrected chi connectivity index (χ3v) is 7.65. The molecule has 0 spiro atoms. The highest BCUT2D eigenvalue weighted by molar-refractivity contribution is 5.57. The van der Waals surface area contributed by atoms with Crippen molar-refractivity contribution >= 4 is 5.69 Å². The predicted molar refractivity (Wildman–Crippen MR) is 138 cm³/mol. The number of piperidine rings is 1. The SMILES string of the molecule is CN1CCCC(Oc2ccc3c(c2)N(C)CCN(CC(O)CN2CCc4ccccc4C2)C3)C1. The zero-order valence-electron chi connectivity index (χ0n) is 20.8. The zero-order chi connectivity index (χ0) is 23.5. The fraction of sp³-hybridized carbons (Fsp3) is 0.571. The number of β-amino-alcohol motifs (C(OH)–C–C–N with tert-alkyl or cyclic N) is 1. The summed E-state index contributed by atoms with van der Waals surface area (Å²) in [5.74, 6) is 0.977. The van der Waals surface area contributed by atoms with Gasteiger partial charge >= 0.3 is 0 Å². The van der Waals surface area contributed by atoms with Crippen LogP contribution in [0.5, 0.6) is 5.75 Å². The Labute approximate surface area is 204 Å². The summed E-state index contributed by atoms with van der Waals surface area (Å²) < 4.78 is 6.35. The van der Waals surface area contributed by atoms with E-state index in [0.717, 1.165) is 64.4 Å². The number of nitrogens with zero attached hydrogens (tertiary/aromatic N) is 4. The third kappa shape index (κ3) is 5.74. The highest BCUT2D eigenvalue weighted by atomic mass is 16.5. The fourth-order valence-corrected chi connectivity index (χ4v) is 5.77. The second-order valence-corrected chi connectivity index (χ2v) is 10.5. The van der Waals surface area contributed by atoms with Gasteiger partial charge in [0, 0.05) is 71.2 Å². The Balaban J connectivity index is 1.18. The quantitative estimate of drug-likeness (QED) is 0.709. The van der Waals surface area contributed by atoms with Crippen molar-refractivity contribution in [1.29, 1.82) is 0 Å². The molecule has 2 unspecified atom stereocenters. The molecule has 1 fully saturated rings. The van der Waals surface area contributed by atoms with Crippen LogP contribution in [0.25, 0.3) is 0 Å². The summed E-state index contributed by atoms with van der Waals surface area (Å²) in [6, 6.07) is 15.3. The summed E-state index contributed by atoms with van der Waals surface area (Å²) in [5, 5.41) is 10.9. The molecule has 0 bridgehead atoms. The second-order valence-electron chi connectivity index (χ2n) is 10.5. The first kappa shape index (κ1) is 23.6. The van der Waals surface area contributed by atoms with E-state index < -0.39 is 0 Å². The minimum absolute atomic E-state index is 0.279. The number of likely N-dealkylation sites (N-methyl/N-ethyl adjacent to an activating group) is 2. The van der Waals surface area contributed by atoms with E-state index in [1.165, 1.54) is 35.3 Å². The summed E-state index contributed by atoms with van der Waals surface area (Å²) in [4.78, 5) is 9.50. The van der Waals surface area contributed by atoms with Crippen molar-refractivity contribution in [2.24, 2.45) is 0 Å². The standard InChI is InChI=1S/C28H40N4O2/c1-29-12-5-8-27(21-29)34-26-10-9-24-18-32(15-14-30(2)28(24)16-26)20-25(33)19-31-13-11-22-6-3-4-7-23(22)17-31/h3-4,6-7,9-10,16,25,27,33H,5,8,11-15,17-21H2,1-2H3. The van der Waals surface area contributed by atoms with Gasteiger partial charge in [0.25, 0.3) is 0 Å². The van der Waals surface area contributed by atoms with Crippen LogP contribution in [0, 0.1) is 0 Å². The van der Waals surface area contributed by atoms with E-state index in [4.69, 9.17) is 4.74 Å². The van der Waals surface area contributed by atoms with Gasteiger partial charge in [-0.15, -0.1) is 0 Å². The van der Waals surface area contributed by atoms with E-state index in [1.54, 1.807) is 0 Å². The molecule has 2 aromatic rings. The second kappa shape index (κ2) is 10.6. The van der Waals surface area contributed by atoms with E-state index in [2.05, 4.69) is 76.2 Å². The van der Waals surface area contributed by atoms with Gasteiger partial charge in [0.1, 0.15) is 11.9 Å². The van der Waals surface area contributed by atoms with Crippen LogP contribution in [0.2, 0.25) is 0 Å². The maximum Gasteiger partial charge on any atom is 0.121 e. The van der Waals surface area contributed by atoms with Gasteiger partial charge in [-0.2, -0.15) is 0 Å². The van der Waals surface area contributed by atoms with Gasteiger partial charge in [-0.3, -0.25) is 9.80 Å². The van der Waals surface area contributed by atoms with E-state index in [1.807, 2.05) is 0 Å². The molecular formula is C28H40N4O2. The van der Waals surface area contributed by atoms with Crippen molar-refractivity contribution in [2.45, 2.75) is 44.6 Å². The molecule has 5 rings (SSSR count). The minimum Gasteiger partial charge on any atom is -0.489 e. The molecule has 2 aromatic carbocycles. The van der Waals surface area contributed by atoms with Gasteiger partial charge in [-0.25, -0.2) is 0 Å². The number of aliphatic hydroxyl groups is 1. The molecule has 0 amide bonds. The Bertz CT molecular complexity index is 967. The summed E-state index contributed by atoms with van der Waals surface area (Å²) in [5.41, 5.74) is 5.43. The first-order valence-corrected chi connectivity index (χ1v) is 12.9.